The zero-order valence-electron chi connectivity index (χ0n) is 10.8. The van der Waals surface area contributed by atoms with Crippen molar-refractivity contribution < 1.29 is 9.53 Å². The molecule has 0 saturated heterocycles. The van der Waals surface area contributed by atoms with E-state index in [9.17, 15) is 4.79 Å². The first kappa shape index (κ1) is 13.7. The van der Waals surface area contributed by atoms with Gasteiger partial charge in [-0.05, 0) is 30.0 Å². The maximum atomic E-state index is 11.8. The van der Waals surface area contributed by atoms with Crippen LogP contribution in [0.1, 0.15) is 36.2 Å². The van der Waals surface area contributed by atoms with E-state index in [0.29, 0.717) is 18.1 Å². The summed E-state index contributed by atoms with van der Waals surface area (Å²) in [4.78, 5) is 11.8. The fourth-order valence-electron chi connectivity index (χ4n) is 1.55. The minimum Gasteiger partial charge on any atom is -0.380 e. The molecule has 3 nitrogen and oxygen atoms in total. The van der Waals surface area contributed by atoms with E-state index < -0.39 is 0 Å². The van der Waals surface area contributed by atoms with Crippen molar-refractivity contribution in [2.24, 2.45) is 5.92 Å². The number of carbonyl (C=O) groups excluding carboxylic acids is 1. The predicted molar refractivity (Wildman–Crippen MR) is 68.9 cm³/mol. The third kappa shape index (κ3) is 5.00. The number of nitrogens with one attached hydrogen (secondary N) is 1. The second kappa shape index (κ2) is 7.07. The Labute approximate surface area is 103 Å². The van der Waals surface area contributed by atoms with Gasteiger partial charge in [-0.1, -0.05) is 26.0 Å². The first-order valence-corrected chi connectivity index (χ1v) is 5.99. The van der Waals surface area contributed by atoms with Crippen LogP contribution < -0.4 is 5.32 Å². The van der Waals surface area contributed by atoms with Crippen LogP contribution in [0, 0.1) is 5.92 Å². The Morgan fingerprint density at radius 2 is 2.18 bits per heavy atom. The highest BCUT2D eigenvalue weighted by Crippen LogP contribution is 2.06. The lowest BCUT2D eigenvalue weighted by molar-refractivity contribution is 0.0951. The molecule has 0 fully saturated rings. The summed E-state index contributed by atoms with van der Waals surface area (Å²) >= 11 is 0. The normalized spacial score (nSPS) is 10.6. The lowest BCUT2D eigenvalue weighted by atomic mass is 10.1. The van der Waals surface area contributed by atoms with Gasteiger partial charge in [0.15, 0.2) is 0 Å². The maximum absolute atomic E-state index is 11.8. The van der Waals surface area contributed by atoms with Crippen molar-refractivity contribution in [1.82, 2.24) is 5.32 Å². The Morgan fingerprint density at radius 1 is 1.41 bits per heavy atom. The van der Waals surface area contributed by atoms with Crippen molar-refractivity contribution in [2.75, 3.05) is 13.7 Å². The van der Waals surface area contributed by atoms with Crippen LogP contribution in [-0.2, 0) is 11.3 Å². The zero-order valence-corrected chi connectivity index (χ0v) is 10.8. The van der Waals surface area contributed by atoms with Crippen molar-refractivity contribution in [2.45, 2.75) is 26.9 Å². The van der Waals surface area contributed by atoms with Gasteiger partial charge in [0.25, 0.3) is 5.91 Å². The molecule has 17 heavy (non-hydrogen) atoms. The molecule has 1 rings (SSSR count). The van der Waals surface area contributed by atoms with Crippen LogP contribution in [0.3, 0.4) is 0 Å². The molecule has 1 aromatic rings. The lowest BCUT2D eigenvalue weighted by Crippen LogP contribution is -2.25. The van der Waals surface area contributed by atoms with Crippen LogP contribution >= 0.6 is 0 Å². The number of ether oxygens (including phenoxy) is 1. The first-order chi connectivity index (χ1) is 8.13. The van der Waals surface area contributed by atoms with Gasteiger partial charge in [-0.3, -0.25) is 4.79 Å². The minimum atomic E-state index is -0.0106. The van der Waals surface area contributed by atoms with E-state index in [-0.39, 0.29) is 5.91 Å². The smallest absolute Gasteiger partial charge is 0.251 e. The van der Waals surface area contributed by atoms with Gasteiger partial charge in [0.1, 0.15) is 0 Å². The Hall–Kier alpha value is -1.35. The monoisotopic (exact) mass is 235 g/mol. The molecule has 0 aliphatic rings. The van der Waals surface area contributed by atoms with Gasteiger partial charge in [-0.2, -0.15) is 0 Å². The van der Waals surface area contributed by atoms with Crippen LogP contribution in [-0.4, -0.2) is 19.6 Å². The molecule has 0 unspecified atom stereocenters. The number of benzene rings is 1. The number of hydrogen-bond donors (Lipinski definition) is 1. The molecule has 1 N–H and O–H groups in total. The van der Waals surface area contributed by atoms with Gasteiger partial charge in [0.05, 0.1) is 6.61 Å². The van der Waals surface area contributed by atoms with Gasteiger partial charge in [0.2, 0.25) is 0 Å². The zero-order chi connectivity index (χ0) is 12.7. The lowest BCUT2D eigenvalue weighted by Gasteiger charge is -2.08. The molecule has 94 valence electrons. The van der Waals surface area contributed by atoms with Gasteiger partial charge < -0.3 is 10.1 Å². The molecule has 3 heteroatoms. The molecule has 1 aromatic carbocycles. The fourth-order valence-corrected chi connectivity index (χ4v) is 1.55. The van der Waals surface area contributed by atoms with Gasteiger partial charge in [0, 0.05) is 19.2 Å². The van der Waals surface area contributed by atoms with Crippen LogP contribution in [0.5, 0.6) is 0 Å². The minimum absolute atomic E-state index is 0.0106. The number of rotatable bonds is 6. The van der Waals surface area contributed by atoms with E-state index in [4.69, 9.17) is 4.74 Å². The molecule has 0 heterocycles. The second-order valence-electron chi connectivity index (χ2n) is 4.57. The van der Waals surface area contributed by atoms with Gasteiger partial charge >= 0.3 is 0 Å². The topological polar surface area (TPSA) is 38.3 Å². The van der Waals surface area contributed by atoms with E-state index in [2.05, 4.69) is 19.2 Å². The fraction of sp³-hybridized carbons (Fsp3) is 0.500. The van der Waals surface area contributed by atoms with E-state index >= 15 is 0 Å². The predicted octanol–water partition coefficient (Wildman–Crippen LogP) is 2.61. The Balaban J connectivity index is 2.53. The summed E-state index contributed by atoms with van der Waals surface area (Å²) in [6.45, 7) is 5.55. The summed E-state index contributed by atoms with van der Waals surface area (Å²) < 4.78 is 5.04. The molecule has 0 aliphatic carbocycles. The largest absolute Gasteiger partial charge is 0.380 e. The van der Waals surface area contributed by atoms with E-state index in [1.165, 1.54) is 0 Å². The quantitative estimate of drug-likeness (QED) is 0.823. The van der Waals surface area contributed by atoms with Crippen LogP contribution in [0.4, 0.5) is 0 Å². The molecule has 0 aliphatic heterocycles. The van der Waals surface area contributed by atoms with Gasteiger partial charge in [-0.25, -0.2) is 0 Å². The highest BCUT2D eigenvalue weighted by Gasteiger charge is 2.05. The summed E-state index contributed by atoms with van der Waals surface area (Å²) in [5.41, 5.74) is 1.72. The van der Waals surface area contributed by atoms with E-state index in [1.54, 1.807) is 7.11 Å². The van der Waals surface area contributed by atoms with Crippen LogP contribution in [0.2, 0.25) is 0 Å². The van der Waals surface area contributed by atoms with Crippen molar-refractivity contribution >= 4 is 5.91 Å². The summed E-state index contributed by atoms with van der Waals surface area (Å²) in [7, 11) is 1.65. The maximum Gasteiger partial charge on any atom is 0.251 e. The average molecular weight is 235 g/mol. The molecule has 0 atom stereocenters. The SMILES string of the molecule is COCc1cccc(C(=O)NCCC(C)C)c1. The molecule has 0 aromatic heterocycles. The highest BCUT2D eigenvalue weighted by atomic mass is 16.5. The van der Waals surface area contributed by atoms with Crippen LogP contribution in [0.15, 0.2) is 24.3 Å². The number of hydrogen-bond acceptors (Lipinski definition) is 2. The Bertz CT molecular complexity index is 361. The molecule has 0 radical (unpaired) electrons. The summed E-state index contributed by atoms with van der Waals surface area (Å²) in [6.07, 6.45) is 1.00. The van der Waals surface area contributed by atoms with Crippen molar-refractivity contribution in [3.8, 4) is 0 Å². The Kier molecular flexibility index (Phi) is 5.70. The number of amides is 1. The average Bonchev–Trinajstić information content (AvgIpc) is 2.29. The molecule has 0 spiro atoms. The highest BCUT2D eigenvalue weighted by molar-refractivity contribution is 5.94. The standard InChI is InChI=1S/C14H21NO2/c1-11(2)7-8-15-14(16)13-6-4-5-12(9-13)10-17-3/h4-6,9,11H,7-8,10H2,1-3H3,(H,15,16). The summed E-state index contributed by atoms with van der Waals surface area (Å²) in [5, 5.41) is 2.92. The number of carbonyl (C=O) groups is 1. The first-order valence-electron chi connectivity index (χ1n) is 5.99. The van der Waals surface area contributed by atoms with E-state index in [1.807, 2.05) is 24.3 Å². The van der Waals surface area contributed by atoms with Crippen LogP contribution in [0.25, 0.3) is 0 Å². The summed E-state index contributed by atoms with van der Waals surface area (Å²) in [5.74, 6) is 0.596. The third-order valence-electron chi connectivity index (χ3n) is 2.51. The molecule has 1 amide bonds. The molecular weight excluding hydrogens is 214 g/mol. The van der Waals surface area contributed by atoms with Crippen molar-refractivity contribution in [3.05, 3.63) is 35.4 Å². The third-order valence-corrected chi connectivity index (χ3v) is 2.51. The van der Waals surface area contributed by atoms with Crippen molar-refractivity contribution in [3.63, 3.8) is 0 Å². The summed E-state index contributed by atoms with van der Waals surface area (Å²) in [6, 6.07) is 7.53. The Morgan fingerprint density at radius 3 is 2.82 bits per heavy atom. The number of methoxy groups -OCH3 is 1. The van der Waals surface area contributed by atoms with Crippen molar-refractivity contribution in [1.29, 1.82) is 0 Å². The van der Waals surface area contributed by atoms with E-state index in [0.717, 1.165) is 18.5 Å². The second-order valence-corrected chi connectivity index (χ2v) is 4.57. The molecule has 0 saturated carbocycles. The van der Waals surface area contributed by atoms with Gasteiger partial charge in [-0.15, -0.1) is 0 Å². The molecular formula is C14H21NO2. The molecule has 0 bridgehead atoms.